The van der Waals surface area contributed by atoms with Crippen molar-refractivity contribution in [1.29, 1.82) is 0 Å². The maximum Gasteiger partial charge on any atom is 0.152 e. The van der Waals surface area contributed by atoms with E-state index < -0.39 is 5.82 Å². The van der Waals surface area contributed by atoms with Crippen molar-refractivity contribution in [3.63, 3.8) is 0 Å². The lowest BCUT2D eigenvalue weighted by Crippen LogP contribution is -2.02. The minimum Gasteiger partial charge on any atom is -0.298 e. The van der Waals surface area contributed by atoms with Crippen LogP contribution in [0.2, 0.25) is 0 Å². The summed E-state index contributed by atoms with van der Waals surface area (Å²) in [5.74, 6) is -0.453. The molecule has 1 aliphatic rings. The first-order valence-corrected chi connectivity index (χ1v) is 6.65. The van der Waals surface area contributed by atoms with Crippen LogP contribution in [0.1, 0.15) is 34.3 Å². The number of hydrogen-bond acceptors (Lipinski definition) is 1. The fourth-order valence-corrected chi connectivity index (χ4v) is 2.72. The van der Waals surface area contributed by atoms with E-state index in [9.17, 15) is 9.18 Å². The Bertz CT molecular complexity index is 631. The quantitative estimate of drug-likeness (QED) is 0.735. The van der Waals surface area contributed by atoms with Gasteiger partial charge in [0.05, 0.1) is 5.56 Å². The molecule has 0 atom stereocenters. The number of benzene rings is 2. The molecule has 2 aromatic carbocycles. The predicted molar refractivity (Wildman–Crippen MR) is 73.9 cm³/mol. The molecule has 0 saturated carbocycles. The van der Waals surface area contributed by atoms with Crippen molar-refractivity contribution in [2.75, 3.05) is 0 Å². The van der Waals surface area contributed by atoms with Crippen molar-refractivity contribution in [1.82, 2.24) is 0 Å². The van der Waals surface area contributed by atoms with Gasteiger partial charge in [-0.2, -0.15) is 0 Å². The maximum atomic E-state index is 13.6. The Morgan fingerprint density at radius 1 is 0.895 bits per heavy atom. The summed E-state index contributed by atoms with van der Waals surface area (Å²) in [4.78, 5) is 10.6. The minimum atomic E-state index is -0.453. The number of carbonyl (C=O) groups is 1. The van der Waals surface area contributed by atoms with Crippen LogP contribution < -0.4 is 0 Å². The highest BCUT2D eigenvalue weighted by Gasteiger charge is 2.11. The Hall–Kier alpha value is -1.96. The SMILES string of the molecule is O=Cc1ccc(-c2ccc3c(c2)CCCC3)cc1F. The second-order valence-electron chi connectivity index (χ2n) is 5.04. The van der Waals surface area contributed by atoms with Crippen LogP contribution in [-0.2, 0) is 12.8 Å². The first-order valence-electron chi connectivity index (χ1n) is 6.65. The average molecular weight is 254 g/mol. The molecule has 2 heteroatoms. The molecule has 0 unspecified atom stereocenters. The molecule has 1 nitrogen and oxygen atoms in total. The number of hydrogen-bond donors (Lipinski definition) is 0. The number of aldehydes is 1. The van der Waals surface area contributed by atoms with Crippen molar-refractivity contribution in [2.45, 2.75) is 25.7 Å². The van der Waals surface area contributed by atoms with Gasteiger partial charge in [-0.1, -0.05) is 24.3 Å². The highest BCUT2D eigenvalue weighted by molar-refractivity contribution is 5.77. The topological polar surface area (TPSA) is 17.1 Å². The van der Waals surface area contributed by atoms with Crippen LogP contribution in [0.25, 0.3) is 11.1 Å². The third-order valence-corrected chi connectivity index (χ3v) is 3.81. The van der Waals surface area contributed by atoms with Crippen LogP contribution in [0.4, 0.5) is 4.39 Å². The summed E-state index contributed by atoms with van der Waals surface area (Å²) in [5.41, 5.74) is 4.76. The number of aryl methyl sites for hydroxylation is 2. The first kappa shape index (κ1) is 12.1. The zero-order chi connectivity index (χ0) is 13.2. The third kappa shape index (κ3) is 2.30. The lowest BCUT2D eigenvalue weighted by molar-refractivity contribution is 0.112. The van der Waals surface area contributed by atoms with Crippen LogP contribution in [0.3, 0.4) is 0 Å². The molecule has 0 saturated heterocycles. The largest absolute Gasteiger partial charge is 0.298 e. The van der Waals surface area contributed by atoms with Crippen molar-refractivity contribution in [3.05, 3.63) is 58.9 Å². The second kappa shape index (κ2) is 4.96. The Morgan fingerprint density at radius 3 is 2.32 bits per heavy atom. The molecule has 19 heavy (non-hydrogen) atoms. The molecule has 0 aromatic heterocycles. The van der Waals surface area contributed by atoms with Crippen LogP contribution in [0.15, 0.2) is 36.4 Å². The fraction of sp³-hybridized carbons (Fsp3) is 0.235. The van der Waals surface area contributed by atoms with Gasteiger partial charge >= 0.3 is 0 Å². The third-order valence-electron chi connectivity index (χ3n) is 3.81. The molecule has 0 spiro atoms. The van der Waals surface area contributed by atoms with Crippen molar-refractivity contribution in [3.8, 4) is 11.1 Å². The van der Waals surface area contributed by atoms with Gasteiger partial charge in [0.2, 0.25) is 0 Å². The summed E-state index contributed by atoms with van der Waals surface area (Å²) in [6, 6.07) is 11.1. The summed E-state index contributed by atoms with van der Waals surface area (Å²) in [7, 11) is 0. The molecule has 0 amide bonds. The molecule has 1 aliphatic carbocycles. The van der Waals surface area contributed by atoms with E-state index in [1.807, 2.05) is 6.07 Å². The zero-order valence-corrected chi connectivity index (χ0v) is 10.7. The molecule has 2 aromatic rings. The smallest absolute Gasteiger partial charge is 0.152 e. The van der Waals surface area contributed by atoms with Gasteiger partial charge < -0.3 is 0 Å². The van der Waals surface area contributed by atoms with Gasteiger partial charge in [0, 0.05) is 0 Å². The Balaban J connectivity index is 2.02. The Kier molecular flexibility index (Phi) is 3.16. The predicted octanol–water partition coefficient (Wildman–Crippen LogP) is 4.18. The monoisotopic (exact) mass is 254 g/mol. The van der Waals surface area contributed by atoms with Crippen LogP contribution in [0.5, 0.6) is 0 Å². The highest BCUT2D eigenvalue weighted by Crippen LogP contribution is 2.28. The number of fused-ring (bicyclic) bond motifs is 1. The van der Waals surface area contributed by atoms with E-state index in [4.69, 9.17) is 0 Å². The highest BCUT2D eigenvalue weighted by atomic mass is 19.1. The molecule has 96 valence electrons. The molecular weight excluding hydrogens is 239 g/mol. The summed E-state index contributed by atoms with van der Waals surface area (Å²) in [6.45, 7) is 0. The van der Waals surface area contributed by atoms with E-state index in [0.717, 1.165) is 24.0 Å². The fourth-order valence-electron chi connectivity index (χ4n) is 2.72. The number of halogens is 1. The molecule has 0 fully saturated rings. The zero-order valence-electron chi connectivity index (χ0n) is 10.7. The number of rotatable bonds is 2. The van der Waals surface area contributed by atoms with Crippen molar-refractivity contribution >= 4 is 6.29 Å². The van der Waals surface area contributed by atoms with E-state index in [1.165, 1.54) is 36.1 Å². The second-order valence-corrected chi connectivity index (χ2v) is 5.04. The van der Waals surface area contributed by atoms with Gasteiger partial charge in [0.1, 0.15) is 5.82 Å². The normalized spacial score (nSPS) is 13.9. The van der Waals surface area contributed by atoms with Crippen LogP contribution in [-0.4, -0.2) is 6.29 Å². The maximum absolute atomic E-state index is 13.6. The summed E-state index contributed by atoms with van der Waals surface area (Å²) in [6.07, 6.45) is 5.29. The Morgan fingerprint density at radius 2 is 1.58 bits per heavy atom. The van der Waals surface area contributed by atoms with Gasteiger partial charge in [0.15, 0.2) is 6.29 Å². The molecule has 0 radical (unpaired) electrons. The van der Waals surface area contributed by atoms with Crippen molar-refractivity contribution < 1.29 is 9.18 Å². The van der Waals surface area contributed by atoms with E-state index in [0.29, 0.717) is 6.29 Å². The van der Waals surface area contributed by atoms with Gasteiger partial charge in [-0.3, -0.25) is 4.79 Å². The van der Waals surface area contributed by atoms with E-state index in [-0.39, 0.29) is 5.56 Å². The molecule has 0 heterocycles. The lowest BCUT2D eigenvalue weighted by Gasteiger charge is -2.16. The number of carbonyl (C=O) groups excluding carboxylic acids is 1. The summed E-state index contributed by atoms with van der Waals surface area (Å²) < 4.78 is 13.6. The Labute approximate surface area is 112 Å². The lowest BCUT2D eigenvalue weighted by atomic mass is 9.89. The molecule has 0 N–H and O–H groups in total. The molecule has 3 rings (SSSR count). The minimum absolute atomic E-state index is 0.113. The van der Waals surface area contributed by atoms with E-state index >= 15 is 0 Å². The van der Waals surface area contributed by atoms with Gasteiger partial charge in [0.25, 0.3) is 0 Å². The summed E-state index contributed by atoms with van der Waals surface area (Å²) >= 11 is 0. The van der Waals surface area contributed by atoms with Gasteiger partial charge in [-0.25, -0.2) is 4.39 Å². The van der Waals surface area contributed by atoms with Gasteiger partial charge in [-0.05, 0) is 60.1 Å². The van der Waals surface area contributed by atoms with E-state index in [2.05, 4.69) is 12.1 Å². The van der Waals surface area contributed by atoms with Crippen molar-refractivity contribution in [2.24, 2.45) is 0 Å². The van der Waals surface area contributed by atoms with Gasteiger partial charge in [-0.15, -0.1) is 0 Å². The summed E-state index contributed by atoms with van der Waals surface area (Å²) in [5, 5.41) is 0. The standard InChI is InChI=1S/C17H15FO/c18-17-10-15(7-8-16(17)11-19)14-6-5-12-3-1-2-4-13(12)9-14/h5-11H,1-4H2. The van der Waals surface area contributed by atoms with Crippen LogP contribution >= 0.6 is 0 Å². The van der Waals surface area contributed by atoms with Crippen LogP contribution in [0, 0.1) is 5.82 Å². The average Bonchev–Trinajstić information content (AvgIpc) is 2.46. The molecule has 0 aliphatic heterocycles. The molecular formula is C17H15FO. The first-order chi connectivity index (χ1) is 9.28. The van der Waals surface area contributed by atoms with E-state index in [1.54, 1.807) is 6.07 Å². The molecule has 0 bridgehead atoms.